The van der Waals surface area contributed by atoms with E-state index in [0.717, 1.165) is 25.4 Å². The van der Waals surface area contributed by atoms with E-state index in [1.165, 1.54) is 19.3 Å². The maximum absolute atomic E-state index is 12.1. The summed E-state index contributed by atoms with van der Waals surface area (Å²) in [6.07, 6.45) is 5.59. The molecule has 0 aromatic carbocycles. The van der Waals surface area contributed by atoms with E-state index in [-0.39, 0.29) is 5.54 Å². The first-order valence-electron chi connectivity index (χ1n) is 7.31. The van der Waals surface area contributed by atoms with Gasteiger partial charge in [-0.2, -0.15) is 0 Å². The van der Waals surface area contributed by atoms with Gasteiger partial charge in [0.05, 0.1) is 0 Å². The molecule has 1 saturated carbocycles. The number of likely N-dealkylation sites (N-methyl/N-ethyl adjacent to an activating group) is 1. The van der Waals surface area contributed by atoms with E-state index in [4.69, 9.17) is 0 Å². The van der Waals surface area contributed by atoms with Gasteiger partial charge >= 0.3 is 0 Å². The topological polar surface area (TPSA) is 32.3 Å². The molecule has 1 spiro atoms. The van der Waals surface area contributed by atoms with Crippen LogP contribution in [0.3, 0.4) is 0 Å². The van der Waals surface area contributed by atoms with Crippen LogP contribution in [0.4, 0.5) is 0 Å². The first-order valence-corrected chi connectivity index (χ1v) is 7.31. The molecule has 0 aromatic rings. The van der Waals surface area contributed by atoms with Crippen molar-refractivity contribution in [2.24, 2.45) is 11.3 Å². The fourth-order valence-corrected chi connectivity index (χ4v) is 3.52. The monoisotopic (exact) mass is 252 g/mol. The zero-order valence-corrected chi connectivity index (χ0v) is 12.4. The summed E-state index contributed by atoms with van der Waals surface area (Å²) >= 11 is 0. The molecule has 1 saturated heterocycles. The van der Waals surface area contributed by atoms with Gasteiger partial charge in [-0.3, -0.25) is 4.79 Å². The molecule has 1 amide bonds. The van der Waals surface area contributed by atoms with Gasteiger partial charge in [0.2, 0.25) is 5.91 Å². The first kappa shape index (κ1) is 13.9. The highest BCUT2D eigenvalue weighted by molar-refractivity contribution is 5.77. The van der Waals surface area contributed by atoms with Crippen molar-refractivity contribution in [2.75, 3.05) is 20.1 Å². The summed E-state index contributed by atoms with van der Waals surface area (Å²) in [5.74, 6) is 1.05. The second kappa shape index (κ2) is 4.84. The van der Waals surface area contributed by atoms with Gasteiger partial charge in [0.25, 0.3) is 0 Å². The predicted molar refractivity (Wildman–Crippen MR) is 74.4 cm³/mol. The maximum atomic E-state index is 12.1. The minimum atomic E-state index is 0.0814. The number of amides is 1. The summed E-state index contributed by atoms with van der Waals surface area (Å²) < 4.78 is 0. The smallest absolute Gasteiger partial charge is 0.224 e. The molecule has 104 valence electrons. The number of hydrogen-bond donors (Lipinski definition) is 1. The summed E-state index contributed by atoms with van der Waals surface area (Å²) in [5, 5.41) is 3.70. The molecular weight excluding hydrogens is 224 g/mol. The lowest BCUT2D eigenvalue weighted by molar-refractivity contribution is -0.130. The van der Waals surface area contributed by atoms with Crippen molar-refractivity contribution in [3.05, 3.63) is 0 Å². The summed E-state index contributed by atoms with van der Waals surface area (Å²) in [4.78, 5) is 14.0. The van der Waals surface area contributed by atoms with Gasteiger partial charge in [0.15, 0.2) is 0 Å². The molecule has 2 aliphatic rings. The van der Waals surface area contributed by atoms with Crippen LogP contribution in [0, 0.1) is 11.3 Å². The molecule has 3 heteroatoms. The molecule has 0 radical (unpaired) electrons. The molecule has 0 aromatic heterocycles. The Kier molecular flexibility index (Phi) is 3.72. The van der Waals surface area contributed by atoms with Crippen molar-refractivity contribution in [2.45, 2.75) is 58.4 Å². The molecule has 2 atom stereocenters. The molecule has 2 unspecified atom stereocenters. The van der Waals surface area contributed by atoms with Crippen LogP contribution < -0.4 is 5.32 Å². The van der Waals surface area contributed by atoms with Crippen molar-refractivity contribution < 1.29 is 4.79 Å². The van der Waals surface area contributed by atoms with Crippen LogP contribution in [0.2, 0.25) is 0 Å². The van der Waals surface area contributed by atoms with Gasteiger partial charge in [-0.05, 0) is 30.6 Å². The lowest BCUT2D eigenvalue weighted by Gasteiger charge is -2.45. The molecular formula is C15H28N2O. The number of rotatable bonds is 0. The molecule has 1 N–H and O–H groups in total. The lowest BCUT2D eigenvalue weighted by atomic mass is 9.65. The molecule has 0 bridgehead atoms. The second-order valence-electron chi connectivity index (χ2n) is 7.36. The zero-order chi connectivity index (χ0) is 13.4. The third-order valence-corrected chi connectivity index (χ3v) is 4.93. The molecule has 1 aliphatic carbocycles. The van der Waals surface area contributed by atoms with Crippen LogP contribution in [0.1, 0.15) is 52.9 Å². The number of carbonyl (C=O) groups excluding carboxylic acids is 1. The average Bonchev–Trinajstić information content (AvgIpc) is 2.39. The standard InChI is InChI=1S/C15H28N2O/c1-14(2,3)12-6-5-7-15(10-12)11-13(18)17(4)9-8-16-15/h12,16H,5-11H2,1-4H3. The number of carbonyl (C=O) groups is 1. The summed E-state index contributed by atoms with van der Waals surface area (Å²) in [6, 6.07) is 0. The van der Waals surface area contributed by atoms with Gasteiger partial charge in [0, 0.05) is 32.1 Å². The summed E-state index contributed by atoms with van der Waals surface area (Å²) in [6.45, 7) is 8.80. The van der Waals surface area contributed by atoms with Crippen molar-refractivity contribution in [3.63, 3.8) is 0 Å². The predicted octanol–water partition coefficient (Wildman–Crippen LogP) is 2.41. The Balaban J connectivity index is 2.12. The van der Waals surface area contributed by atoms with Crippen LogP contribution in [0.25, 0.3) is 0 Å². The molecule has 1 aliphatic heterocycles. The van der Waals surface area contributed by atoms with E-state index in [9.17, 15) is 4.79 Å². The molecule has 1 heterocycles. The first-order chi connectivity index (χ1) is 8.32. The summed E-state index contributed by atoms with van der Waals surface area (Å²) in [5.41, 5.74) is 0.439. The number of nitrogens with zero attached hydrogens (tertiary/aromatic N) is 1. The van der Waals surface area contributed by atoms with Crippen LogP contribution in [-0.4, -0.2) is 36.5 Å². The van der Waals surface area contributed by atoms with E-state index in [1.807, 2.05) is 11.9 Å². The Morgan fingerprint density at radius 1 is 1.39 bits per heavy atom. The van der Waals surface area contributed by atoms with Gasteiger partial charge in [-0.15, -0.1) is 0 Å². The van der Waals surface area contributed by atoms with Crippen molar-refractivity contribution >= 4 is 5.91 Å². The highest BCUT2D eigenvalue weighted by Crippen LogP contribution is 2.43. The Morgan fingerprint density at radius 2 is 2.11 bits per heavy atom. The van der Waals surface area contributed by atoms with Crippen molar-refractivity contribution in [1.82, 2.24) is 10.2 Å². The van der Waals surface area contributed by atoms with E-state index in [0.29, 0.717) is 17.7 Å². The molecule has 3 nitrogen and oxygen atoms in total. The van der Waals surface area contributed by atoms with Crippen molar-refractivity contribution in [3.8, 4) is 0 Å². The molecule has 2 rings (SSSR count). The highest BCUT2D eigenvalue weighted by atomic mass is 16.2. The third kappa shape index (κ3) is 2.87. The normalized spacial score (nSPS) is 34.8. The minimum absolute atomic E-state index is 0.0814. The Hall–Kier alpha value is -0.570. The van der Waals surface area contributed by atoms with Gasteiger partial charge in [0.1, 0.15) is 0 Å². The fraction of sp³-hybridized carbons (Fsp3) is 0.933. The highest BCUT2D eigenvalue weighted by Gasteiger charge is 2.42. The number of hydrogen-bond acceptors (Lipinski definition) is 2. The van der Waals surface area contributed by atoms with Gasteiger partial charge in [-0.1, -0.05) is 27.2 Å². The molecule has 2 fully saturated rings. The largest absolute Gasteiger partial charge is 0.344 e. The van der Waals surface area contributed by atoms with Crippen LogP contribution >= 0.6 is 0 Å². The summed E-state index contributed by atoms with van der Waals surface area (Å²) in [7, 11) is 1.92. The maximum Gasteiger partial charge on any atom is 0.224 e. The fourth-order valence-electron chi connectivity index (χ4n) is 3.52. The Labute approximate surface area is 111 Å². The Morgan fingerprint density at radius 3 is 2.78 bits per heavy atom. The van der Waals surface area contributed by atoms with Crippen molar-refractivity contribution in [1.29, 1.82) is 0 Å². The molecule has 18 heavy (non-hydrogen) atoms. The van der Waals surface area contributed by atoms with E-state index >= 15 is 0 Å². The SMILES string of the molecule is CN1CCNC2(CCCC(C(C)(C)C)C2)CC1=O. The minimum Gasteiger partial charge on any atom is -0.344 e. The average molecular weight is 252 g/mol. The quantitative estimate of drug-likeness (QED) is 0.718. The zero-order valence-electron chi connectivity index (χ0n) is 12.4. The third-order valence-electron chi connectivity index (χ3n) is 4.93. The van der Waals surface area contributed by atoms with E-state index in [2.05, 4.69) is 26.1 Å². The number of nitrogens with one attached hydrogen (secondary N) is 1. The van der Waals surface area contributed by atoms with Crippen LogP contribution in [-0.2, 0) is 4.79 Å². The van der Waals surface area contributed by atoms with Crippen LogP contribution in [0.15, 0.2) is 0 Å². The van der Waals surface area contributed by atoms with E-state index < -0.39 is 0 Å². The van der Waals surface area contributed by atoms with E-state index in [1.54, 1.807) is 0 Å². The van der Waals surface area contributed by atoms with Crippen LogP contribution in [0.5, 0.6) is 0 Å². The Bertz CT molecular complexity index is 321. The van der Waals surface area contributed by atoms with Gasteiger partial charge < -0.3 is 10.2 Å². The second-order valence-corrected chi connectivity index (χ2v) is 7.36. The lowest BCUT2D eigenvalue weighted by Crippen LogP contribution is -2.51. The van der Waals surface area contributed by atoms with Gasteiger partial charge in [-0.25, -0.2) is 0 Å².